The van der Waals surface area contributed by atoms with Gasteiger partial charge in [-0.1, -0.05) is 25.2 Å². The Hall–Kier alpha value is -1.62. The van der Waals surface area contributed by atoms with Crippen LogP contribution in [-0.4, -0.2) is 21.0 Å². The van der Waals surface area contributed by atoms with Crippen LogP contribution in [0.2, 0.25) is 0 Å². The number of benzene rings is 1. The number of nitro groups is 1. The lowest BCUT2D eigenvalue weighted by Gasteiger charge is -2.06. The van der Waals surface area contributed by atoms with Gasteiger partial charge in [-0.25, -0.2) is 0 Å². The first-order valence-electron chi connectivity index (χ1n) is 7.04. The molecule has 1 aromatic carbocycles. The van der Waals surface area contributed by atoms with Gasteiger partial charge in [0.25, 0.3) is 11.6 Å². The van der Waals surface area contributed by atoms with Gasteiger partial charge in [-0.15, -0.1) is 10.2 Å². The summed E-state index contributed by atoms with van der Waals surface area (Å²) in [5.74, 6) is -0.0959. The maximum atomic E-state index is 12.3. The number of hydrogen-bond acceptors (Lipinski definition) is 6. The van der Waals surface area contributed by atoms with Gasteiger partial charge in [-0.05, 0) is 41.5 Å². The zero-order valence-corrected chi connectivity index (χ0v) is 15.6. The summed E-state index contributed by atoms with van der Waals surface area (Å²) >= 11 is 3.31. The van der Waals surface area contributed by atoms with Crippen LogP contribution in [0.3, 0.4) is 0 Å². The fourth-order valence-electron chi connectivity index (χ4n) is 2.05. The van der Waals surface area contributed by atoms with Gasteiger partial charge >= 0.3 is 0 Å². The number of anilines is 1. The second-order valence-electron chi connectivity index (χ2n) is 4.83. The molecule has 0 atom stereocenters. The molecule has 9 heteroatoms. The lowest BCUT2D eigenvalue weighted by molar-refractivity contribution is -0.384. The van der Waals surface area contributed by atoms with Gasteiger partial charge in [0.15, 0.2) is 0 Å². The average Bonchev–Trinajstić information content (AvgIpc) is 2.97. The summed E-state index contributed by atoms with van der Waals surface area (Å²) in [6, 6.07) is 4.18. The van der Waals surface area contributed by atoms with E-state index in [-0.39, 0.29) is 11.3 Å². The predicted molar refractivity (Wildman–Crippen MR) is 97.0 cm³/mol. The van der Waals surface area contributed by atoms with Crippen LogP contribution in [-0.2, 0) is 0 Å². The Bertz CT molecular complexity index is 731. The third kappa shape index (κ3) is 4.22. The molecule has 0 unspecified atom stereocenters. The van der Waals surface area contributed by atoms with Crippen molar-refractivity contribution in [3.63, 3.8) is 0 Å². The Kier molecular flexibility index (Phi) is 5.99. The smallest absolute Gasteiger partial charge is 0.270 e. The van der Waals surface area contributed by atoms with Crippen molar-refractivity contribution in [2.75, 3.05) is 5.32 Å². The highest BCUT2D eigenvalue weighted by Gasteiger charge is 2.18. The van der Waals surface area contributed by atoms with Crippen LogP contribution >= 0.6 is 33.9 Å². The van der Waals surface area contributed by atoms with E-state index < -0.39 is 10.8 Å². The third-order valence-corrected chi connectivity index (χ3v) is 5.34. The molecule has 0 fully saturated rings. The number of non-ortho nitro benzene ring substituents is 1. The first kappa shape index (κ1) is 17.7. The lowest BCUT2D eigenvalue weighted by Crippen LogP contribution is -2.13. The van der Waals surface area contributed by atoms with Crippen molar-refractivity contribution in [3.8, 4) is 0 Å². The topological polar surface area (TPSA) is 98.0 Å². The molecule has 2 aromatic rings. The van der Waals surface area contributed by atoms with Crippen molar-refractivity contribution in [1.82, 2.24) is 10.2 Å². The van der Waals surface area contributed by atoms with Gasteiger partial charge in [-0.2, -0.15) is 0 Å². The Balaban J connectivity index is 2.19. The number of nitrogens with zero attached hydrogens (tertiary/aromatic N) is 3. The number of hydrogen-bond donors (Lipinski definition) is 1. The van der Waals surface area contributed by atoms with Gasteiger partial charge in [-0.3, -0.25) is 20.2 Å². The molecule has 2 rings (SSSR count). The number of carbonyl (C=O) groups excluding carboxylic acids is 1. The van der Waals surface area contributed by atoms with Crippen LogP contribution in [0.1, 0.15) is 48.0 Å². The Labute approximate surface area is 150 Å². The first-order valence-corrected chi connectivity index (χ1v) is 8.94. The molecule has 7 nitrogen and oxygen atoms in total. The molecule has 1 N–H and O–H groups in total. The predicted octanol–water partition coefficient (Wildman–Crippen LogP) is 4.21. The molecule has 122 valence electrons. The molecule has 0 spiro atoms. The van der Waals surface area contributed by atoms with Crippen LogP contribution in [0.15, 0.2) is 18.2 Å². The van der Waals surface area contributed by atoms with Gasteiger partial charge in [0.2, 0.25) is 5.13 Å². The van der Waals surface area contributed by atoms with Crippen LogP contribution in [0.5, 0.6) is 0 Å². The quantitative estimate of drug-likeness (QED) is 0.407. The van der Waals surface area contributed by atoms with Gasteiger partial charge < -0.3 is 0 Å². The molecule has 23 heavy (non-hydrogen) atoms. The number of rotatable bonds is 6. The fourth-order valence-corrected chi connectivity index (χ4v) is 3.64. The second-order valence-corrected chi connectivity index (χ2v) is 7.01. The normalized spacial score (nSPS) is 10.8. The highest BCUT2D eigenvalue weighted by atomic mass is 127. The molecule has 1 amide bonds. The summed E-state index contributed by atoms with van der Waals surface area (Å²) in [4.78, 5) is 22.6. The summed E-state index contributed by atoms with van der Waals surface area (Å²) in [7, 11) is 0. The zero-order valence-electron chi connectivity index (χ0n) is 12.6. The summed E-state index contributed by atoms with van der Waals surface area (Å²) in [6.07, 6.45) is 1.92. The maximum Gasteiger partial charge on any atom is 0.270 e. The van der Waals surface area contributed by atoms with E-state index in [9.17, 15) is 14.9 Å². The van der Waals surface area contributed by atoms with Crippen molar-refractivity contribution >= 4 is 50.7 Å². The van der Waals surface area contributed by atoms with E-state index in [1.807, 2.05) is 22.6 Å². The molecule has 1 heterocycles. The zero-order chi connectivity index (χ0) is 17.0. The summed E-state index contributed by atoms with van der Waals surface area (Å²) in [6.45, 7) is 4.17. The van der Waals surface area contributed by atoms with Crippen molar-refractivity contribution in [3.05, 3.63) is 42.5 Å². The van der Waals surface area contributed by atoms with E-state index in [0.717, 1.165) is 17.8 Å². The molecule has 0 aliphatic rings. The summed E-state index contributed by atoms with van der Waals surface area (Å²) in [5.41, 5.74) is 0.129. The first-order chi connectivity index (χ1) is 11.0. The SMILES string of the molecule is CCC(CC)c1nnc(NC(=O)c2cc([N+](=O)[O-])ccc2I)s1. The van der Waals surface area contributed by atoms with Crippen molar-refractivity contribution in [1.29, 1.82) is 0 Å². The monoisotopic (exact) mass is 446 g/mol. The minimum Gasteiger partial charge on any atom is -0.296 e. The number of amides is 1. The van der Waals surface area contributed by atoms with Crippen molar-refractivity contribution < 1.29 is 9.72 Å². The minimum atomic E-state index is -0.525. The van der Waals surface area contributed by atoms with Crippen molar-refractivity contribution in [2.24, 2.45) is 0 Å². The third-order valence-electron chi connectivity index (χ3n) is 3.40. The summed E-state index contributed by atoms with van der Waals surface area (Å²) in [5, 5.41) is 22.9. The molecule has 0 saturated heterocycles. The number of aromatic nitrogens is 2. The lowest BCUT2D eigenvalue weighted by atomic mass is 10.1. The van der Waals surface area contributed by atoms with Crippen LogP contribution in [0.25, 0.3) is 0 Å². The maximum absolute atomic E-state index is 12.3. The highest BCUT2D eigenvalue weighted by molar-refractivity contribution is 14.1. The molecular formula is C14H15IN4O3S. The second kappa shape index (κ2) is 7.77. The molecule has 0 bridgehead atoms. The number of halogens is 1. The van der Waals surface area contributed by atoms with E-state index >= 15 is 0 Å². The number of carbonyl (C=O) groups is 1. The largest absolute Gasteiger partial charge is 0.296 e. The van der Waals surface area contributed by atoms with Crippen molar-refractivity contribution in [2.45, 2.75) is 32.6 Å². The molecular weight excluding hydrogens is 431 g/mol. The van der Waals surface area contributed by atoms with Crippen LogP contribution in [0, 0.1) is 13.7 Å². The fraction of sp³-hybridized carbons (Fsp3) is 0.357. The van der Waals surface area contributed by atoms with E-state index in [2.05, 4.69) is 29.4 Å². The Morgan fingerprint density at radius 3 is 2.70 bits per heavy atom. The van der Waals surface area contributed by atoms with Gasteiger partial charge in [0, 0.05) is 21.6 Å². The Morgan fingerprint density at radius 1 is 1.39 bits per heavy atom. The van der Waals surface area contributed by atoms with Gasteiger partial charge in [0.05, 0.1) is 10.5 Å². The molecule has 0 aliphatic heterocycles. The van der Waals surface area contributed by atoms with Crippen LogP contribution < -0.4 is 5.32 Å². The Morgan fingerprint density at radius 2 is 2.09 bits per heavy atom. The molecule has 0 aliphatic carbocycles. The average molecular weight is 446 g/mol. The standard InChI is InChI=1S/C14H15IN4O3S/c1-3-8(4-2)13-17-18-14(23-13)16-12(20)10-7-9(19(21)22)5-6-11(10)15/h5-8H,3-4H2,1-2H3,(H,16,18,20). The molecule has 0 radical (unpaired) electrons. The summed E-state index contributed by atoms with van der Waals surface area (Å²) < 4.78 is 0.635. The number of nitro benzene ring substituents is 1. The van der Waals surface area contributed by atoms with Crippen LogP contribution in [0.4, 0.5) is 10.8 Å². The van der Waals surface area contributed by atoms with E-state index in [0.29, 0.717) is 14.6 Å². The molecule has 0 saturated carbocycles. The highest BCUT2D eigenvalue weighted by Crippen LogP contribution is 2.28. The molecule has 1 aromatic heterocycles. The van der Waals surface area contributed by atoms with Gasteiger partial charge in [0.1, 0.15) is 5.01 Å². The van der Waals surface area contributed by atoms with E-state index in [4.69, 9.17) is 0 Å². The number of nitrogens with one attached hydrogen (secondary N) is 1. The van der Waals surface area contributed by atoms with E-state index in [1.54, 1.807) is 6.07 Å². The minimum absolute atomic E-state index is 0.120. The van der Waals surface area contributed by atoms with E-state index in [1.165, 1.54) is 23.5 Å².